The van der Waals surface area contributed by atoms with Gasteiger partial charge in [-0.05, 0) is 30.9 Å². The summed E-state index contributed by atoms with van der Waals surface area (Å²) in [5.74, 6) is 1.69. The third kappa shape index (κ3) is 1.48. The van der Waals surface area contributed by atoms with E-state index in [9.17, 15) is 0 Å². The first-order chi connectivity index (χ1) is 8.40. The number of hydrogen-bond donors (Lipinski definition) is 0. The molecule has 3 aromatic rings. The Bertz CT molecular complexity index is 643. The molecule has 0 N–H and O–H groups in total. The summed E-state index contributed by atoms with van der Waals surface area (Å²) in [5, 5.41) is 4.51. The molecule has 0 saturated heterocycles. The van der Waals surface area contributed by atoms with E-state index in [0.717, 1.165) is 29.6 Å². The summed E-state index contributed by atoms with van der Waals surface area (Å²) in [7, 11) is 0. The maximum atomic E-state index is 5.37. The van der Waals surface area contributed by atoms with E-state index in [4.69, 9.17) is 4.42 Å². The third-order valence-corrected chi connectivity index (χ3v) is 3.32. The lowest BCUT2D eigenvalue weighted by atomic mass is 10.3. The fraction of sp³-hybridized carbons (Fsp3) is 0.308. The summed E-state index contributed by atoms with van der Waals surface area (Å²) in [6.07, 6.45) is 8.52. The number of rotatable bonds is 3. The first-order valence-corrected chi connectivity index (χ1v) is 5.98. The van der Waals surface area contributed by atoms with Crippen molar-refractivity contribution in [3.8, 4) is 11.5 Å². The minimum absolute atomic E-state index is 0.826. The van der Waals surface area contributed by atoms with Crippen LogP contribution in [0.3, 0.4) is 0 Å². The van der Waals surface area contributed by atoms with E-state index >= 15 is 0 Å². The quantitative estimate of drug-likeness (QED) is 0.689. The van der Waals surface area contributed by atoms with Crippen molar-refractivity contribution in [2.45, 2.75) is 19.4 Å². The van der Waals surface area contributed by atoms with Crippen molar-refractivity contribution in [2.75, 3.05) is 0 Å². The minimum Gasteiger partial charge on any atom is -0.463 e. The van der Waals surface area contributed by atoms with Crippen LogP contribution in [0.25, 0.3) is 17.1 Å². The zero-order valence-electron chi connectivity index (χ0n) is 9.41. The largest absolute Gasteiger partial charge is 0.463 e. The second-order valence-corrected chi connectivity index (χ2v) is 4.70. The molecule has 1 saturated carbocycles. The van der Waals surface area contributed by atoms with Crippen LogP contribution in [0.2, 0.25) is 0 Å². The van der Waals surface area contributed by atoms with Gasteiger partial charge < -0.3 is 8.98 Å². The molecule has 0 bridgehead atoms. The van der Waals surface area contributed by atoms with Crippen LogP contribution in [0, 0.1) is 5.92 Å². The molecule has 1 aliphatic rings. The van der Waals surface area contributed by atoms with Gasteiger partial charge in [-0.2, -0.15) is 5.10 Å². The number of nitrogens with zero attached hydrogens (tertiary/aromatic N) is 3. The van der Waals surface area contributed by atoms with Gasteiger partial charge in [0.1, 0.15) is 11.3 Å². The first-order valence-electron chi connectivity index (χ1n) is 5.98. The molecule has 4 nitrogen and oxygen atoms in total. The smallest absolute Gasteiger partial charge is 0.154 e. The van der Waals surface area contributed by atoms with E-state index < -0.39 is 0 Å². The number of hydrogen-bond acceptors (Lipinski definition) is 2. The summed E-state index contributed by atoms with van der Waals surface area (Å²) in [6.45, 7) is 1.11. The van der Waals surface area contributed by atoms with E-state index in [2.05, 4.69) is 21.9 Å². The lowest BCUT2D eigenvalue weighted by Gasteiger charge is -1.99. The van der Waals surface area contributed by atoms with Crippen molar-refractivity contribution < 1.29 is 4.42 Å². The van der Waals surface area contributed by atoms with Gasteiger partial charge in [-0.3, -0.25) is 0 Å². The highest BCUT2D eigenvalue weighted by molar-refractivity contribution is 5.59. The molecule has 0 unspecified atom stereocenters. The second kappa shape index (κ2) is 3.26. The molecular formula is C13H13N3O. The molecule has 0 aromatic carbocycles. The van der Waals surface area contributed by atoms with Crippen molar-refractivity contribution in [3.05, 3.63) is 36.9 Å². The molecule has 86 valence electrons. The van der Waals surface area contributed by atoms with Crippen molar-refractivity contribution in [1.82, 2.24) is 14.2 Å². The van der Waals surface area contributed by atoms with Gasteiger partial charge in [0.25, 0.3) is 0 Å². The van der Waals surface area contributed by atoms with Crippen LogP contribution in [-0.2, 0) is 6.54 Å². The molecule has 0 radical (unpaired) electrons. The molecule has 0 aliphatic heterocycles. The summed E-state index contributed by atoms with van der Waals surface area (Å²) in [4.78, 5) is 0. The summed E-state index contributed by atoms with van der Waals surface area (Å²) in [5.41, 5.74) is 2.04. The van der Waals surface area contributed by atoms with Crippen LogP contribution in [0.4, 0.5) is 0 Å². The zero-order valence-corrected chi connectivity index (χ0v) is 9.41. The summed E-state index contributed by atoms with van der Waals surface area (Å²) < 4.78 is 9.56. The number of furan rings is 1. The Hall–Kier alpha value is -1.97. The highest BCUT2D eigenvalue weighted by Gasteiger charge is 2.22. The van der Waals surface area contributed by atoms with Gasteiger partial charge >= 0.3 is 0 Å². The minimum atomic E-state index is 0.826. The zero-order chi connectivity index (χ0) is 11.2. The van der Waals surface area contributed by atoms with Crippen LogP contribution in [0.15, 0.2) is 41.3 Å². The van der Waals surface area contributed by atoms with Gasteiger partial charge in [0.2, 0.25) is 0 Å². The summed E-state index contributed by atoms with van der Waals surface area (Å²) in [6, 6.07) is 5.91. The van der Waals surface area contributed by atoms with E-state index in [1.807, 2.05) is 22.8 Å². The highest BCUT2D eigenvalue weighted by atomic mass is 16.3. The Kier molecular flexibility index (Phi) is 1.75. The van der Waals surface area contributed by atoms with E-state index in [-0.39, 0.29) is 0 Å². The Morgan fingerprint density at radius 2 is 2.29 bits per heavy atom. The second-order valence-electron chi connectivity index (χ2n) is 4.70. The molecule has 1 aliphatic carbocycles. The lowest BCUT2D eigenvalue weighted by molar-refractivity contribution is 0.579. The van der Waals surface area contributed by atoms with E-state index in [0.29, 0.717) is 0 Å². The lowest BCUT2D eigenvalue weighted by Crippen LogP contribution is -1.97. The number of aromatic nitrogens is 3. The Morgan fingerprint density at radius 3 is 3.06 bits per heavy atom. The fourth-order valence-electron chi connectivity index (χ4n) is 2.21. The van der Waals surface area contributed by atoms with E-state index in [1.165, 1.54) is 12.8 Å². The average molecular weight is 227 g/mol. The molecule has 0 spiro atoms. The molecule has 3 heterocycles. The van der Waals surface area contributed by atoms with Gasteiger partial charge in [0, 0.05) is 25.0 Å². The topological polar surface area (TPSA) is 35.4 Å². The first kappa shape index (κ1) is 9.10. The molecule has 4 rings (SSSR count). The van der Waals surface area contributed by atoms with Gasteiger partial charge in [-0.15, -0.1) is 0 Å². The number of imidazole rings is 1. The fourth-order valence-corrected chi connectivity index (χ4v) is 2.21. The molecule has 4 heteroatoms. The van der Waals surface area contributed by atoms with Crippen molar-refractivity contribution >= 4 is 5.65 Å². The van der Waals surface area contributed by atoms with Crippen LogP contribution < -0.4 is 0 Å². The molecule has 1 fully saturated rings. The number of fused-ring (bicyclic) bond motifs is 1. The predicted molar refractivity (Wildman–Crippen MR) is 63.6 cm³/mol. The Morgan fingerprint density at radius 1 is 1.35 bits per heavy atom. The van der Waals surface area contributed by atoms with Gasteiger partial charge in [0.15, 0.2) is 5.76 Å². The molecule has 3 aromatic heterocycles. The summed E-state index contributed by atoms with van der Waals surface area (Å²) >= 11 is 0. The van der Waals surface area contributed by atoms with Crippen LogP contribution in [0.5, 0.6) is 0 Å². The van der Waals surface area contributed by atoms with Crippen molar-refractivity contribution in [1.29, 1.82) is 0 Å². The SMILES string of the molecule is c1coc(-c2cc3n(CC4CC4)ccn3n2)c1. The van der Waals surface area contributed by atoms with Gasteiger partial charge in [-0.25, -0.2) is 4.52 Å². The average Bonchev–Trinajstić information content (AvgIpc) is 2.79. The maximum absolute atomic E-state index is 5.37. The van der Waals surface area contributed by atoms with Crippen LogP contribution in [0.1, 0.15) is 12.8 Å². The van der Waals surface area contributed by atoms with Crippen molar-refractivity contribution in [2.24, 2.45) is 5.92 Å². The van der Waals surface area contributed by atoms with Crippen molar-refractivity contribution in [3.63, 3.8) is 0 Å². The van der Waals surface area contributed by atoms with E-state index in [1.54, 1.807) is 6.26 Å². The van der Waals surface area contributed by atoms with Crippen LogP contribution >= 0.6 is 0 Å². The molecular weight excluding hydrogens is 214 g/mol. The normalized spacial score (nSPS) is 15.8. The highest BCUT2D eigenvalue weighted by Crippen LogP contribution is 2.31. The Balaban J connectivity index is 1.78. The molecule has 0 amide bonds. The predicted octanol–water partition coefficient (Wildman–Crippen LogP) is 2.81. The third-order valence-electron chi connectivity index (χ3n) is 3.32. The van der Waals surface area contributed by atoms with Crippen LogP contribution in [-0.4, -0.2) is 14.2 Å². The van der Waals surface area contributed by atoms with Gasteiger partial charge in [-0.1, -0.05) is 0 Å². The Labute approximate surface area is 98.5 Å². The monoisotopic (exact) mass is 227 g/mol. The molecule has 0 atom stereocenters. The maximum Gasteiger partial charge on any atom is 0.154 e. The van der Waals surface area contributed by atoms with Gasteiger partial charge in [0.05, 0.1) is 6.26 Å². The standard InChI is InChI=1S/C13H13N3O/c1-2-12(17-7-1)11-8-13-15(9-10-3-4-10)5-6-16(13)14-11/h1-2,5-8,10H,3-4,9H2. The molecule has 17 heavy (non-hydrogen) atoms.